The average Bonchev–Trinajstić information content (AvgIpc) is 2.88. The van der Waals surface area contributed by atoms with E-state index in [2.05, 4.69) is 5.10 Å². The first-order chi connectivity index (χ1) is 8.97. The van der Waals surface area contributed by atoms with Crippen LogP contribution in [0.15, 0.2) is 30.6 Å². The third-order valence-electron chi connectivity index (χ3n) is 2.69. The highest BCUT2D eigenvalue weighted by molar-refractivity contribution is 7.89. The monoisotopic (exact) mass is 276 g/mol. The maximum Gasteiger partial charge on any atom is 0.253 e. The number of hydrogen-bond donors (Lipinski definition) is 1. The highest BCUT2D eigenvalue weighted by atomic mass is 32.2. The van der Waals surface area contributed by atoms with Gasteiger partial charge in [-0.15, -0.1) is 0 Å². The van der Waals surface area contributed by atoms with Crippen LogP contribution in [-0.4, -0.2) is 23.4 Å². The van der Waals surface area contributed by atoms with Gasteiger partial charge in [-0.05, 0) is 19.1 Å². The Morgan fingerprint density at radius 1 is 1.47 bits per heavy atom. The van der Waals surface area contributed by atoms with Crippen molar-refractivity contribution in [1.29, 1.82) is 5.26 Å². The van der Waals surface area contributed by atoms with E-state index in [-0.39, 0.29) is 5.75 Å². The summed E-state index contributed by atoms with van der Waals surface area (Å²) in [6.07, 6.45) is 2.81. The van der Waals surface area contributed by atoms with Crippen molar-refractivity contribution in [2.24, 2.45) is 0 Å². The molecule has 0 fully saturated rings. The Morgan fingerprint density at radius 2 is 2.21 bits per heavy atom. The Bertz CT molecular complexity index is 756. The number of nitrogen functional groups attached to an aromatic ring is 1. The quantitative estimate of drug-likeness (QED) is 0.849. The number of nitrogens with two attached hydrogens (primary N) is 1. The van der Waals surface area contributed by atoms with Gasteiger partial charge in [0.15, 0.2) is 0 Å². The fourth-order valence-electron chi connectivity index (χ4n) is 1.63. The van der Waals surface area contributed by atoms with Crippen LogP contribution in [0, 0.1) is 11.3 Å². The largest absolute Gasteiger partial charge is 0.399 e. The van der Waals surface area contributed by atoms with E-state index in [1.54, 1.807) is 25.1 Å². The number of aromatic nitrogens is 2. The van der Waals surface area contributed by atoms with Gasteiger partial charge >= 0.3 is 0 Å². The summed E-state index contributed by atoms with van der Waals surface area (Å²) in [7, 11) is -3.42. The zero-order chi connectivity index (χ0) is 14.0. The van der Waals surface area contributed by atoms with Crippen LogP contribution in [0.4, 0.5) is 5.69 Å². The highest BCUT2D eigenvalue weighted by Gasteiger charge is 2.14. The predicted molar refractivity (Wildman–Crippen MR) is 71.6 cm³/mol. The summed E-state index contributed by atoms with van der Waals surface area (Å²) in [6.45, 7) is 1.54. The fraction of sp³-hybridized carbons (Fsp3) is 0.167. The van der Waals surface area contributed by atoms with Gasteiger partial charge in [-0.2, -0.15) is 14.4 Å². The second-order valence-corrected chi connectivity index (χ2v) is 6.03. The normalized spacial score (nSPS) is 11.2. The molecule has 1 aromatic carbocycles. The second-order valence-electron chi connectivity index (χ2n) is 3.92. The van der Waals surface area contributed by atoms with Gasteiger partial charge in [-0.1, -0.05) is 6.07 Å². The Labute approximate surface area is 111 Å². The lowest BCUT2D eigenvalue weighted by Crippen LogP contribution is -2.14. The van der Waals surface area contributed by atoms with Crippen molar-refractivity contribution in [3.63, 3.8) is 0 Å². The molecule has 0 aliphatic rings. The summed E-state index contributed by atoms with van der Waals surface area (Å²) in [5, 5.41) is 12.9. The van der Waals surface area contributed by atoms with Gasteiger partial charge in [-0.3, -0.25) is 0 Å². The Balaban J connectivity index is 2.54. The van der Waals surface area contributed by atoms with Crippen molar-refractivity contribution in [1.82, 2.24) is 9.19 Å². The van der Waals surface area contributed by atoms with Crippen LogP contribution >= 0.6 is 0 Å². The maximum absolute atomic E-state index is 11.7. The Morgan fingerprint density at radius 3 is 2.84 bits per heavy atom. The van der Waals surface area contributed by atoms with Crippen LogP contribution in [0.1, 0.15) is 12.5 Å². The molecular formula is C12H12N4O2S. The molecule has 6 nitrogen and oxygen atoms in total. The highest BCUT2D eigenvalue weighted by Crippen LogP contribution is 2.25. The minimum atomic E-state index is -3.42. The van der Waals surface area contributed by atoms with E-state index in [9.17, 15) is 8.42 Å². The Hall–Kier alpha value is -2.33. The minimum absolute atomic E-state index is 0.0407. The van der Waals surface area contributed by atoms with Gasteiger partial charge in [0.25, 0.3) is 10.0 Å². The van der Waals surface area contributed by atoms with Gasteiger partial charge in [0.2, 0.25) is 0 Å². The molecule has 0 saturated heterocycles. The minimum Gasteiger partial charge on any atom is -0.399 e. The number of nitrogens with zero attached hydrogens (tertiary/aromatic N) is 3. The predicted octanol–water partition coefficient (Wildman–Crippen LogP) is 1.20. The smallest absolute Gasteiger partial charge is 0.253 e. The lowest BCUT2D eigenvalue weighted by molar-refractivity contribution is 0.581. The molecule has 1 aromatic heterocycles. The second kappa shape index (κ2) is 4.74. The molecule has 0 unspecified atom stereocenters. The summed E-state index contributed by atoms with van der Waals surface area (Å²) in [4.78, 5) is 0. The number of nitriles is 1. The van der Waals surface area contributed by atoms with Crippen LogP contribution in [0.3, 0.4) is 0 Å². The maximum atomic E-state index is 11.7. The van der Waals surface area contributed by atoms with Gasteiger partial charge in [-0.25, -0.2) is 8.42 Å². The van der Waals surface area contributed by atoms with E-state index in [1.807, 2.05) is 6.07 Å². The number of anilines is 1. The van der Waals surface area contributed by atoms with E-state index in [4.69, 9.17) is 11.0 Å². The van der Waals surface area contributed by atoms with E-state index >= 15 is 0 Å². The van der Waals surface area contributed by atoms with Crippen molar-refractivity contribution >= 4 is 15.7 Å². The van der Waals surface area contributed by atoms with Crippen LogP contribution in [0.2, 0.25) is 0 Å². The summed E-state index contributed by atoms with van der Waals surface area (Å²) in [5.74, 6) is -0.0407. The number of benzene rings is 1. The molecule has 2 aromatic rings. The summed E-state index contributed by atoms with van der Waals surface area (Å²) < 4.78 is 24.3. The van der Waals surface area contributed by atoms with E-state index < -0.39 is 10.0 Å². The van der Waals surface area contributed by atoms with Crippen LogP contribution in [0.25, 0.3) is 11.1 Å². The molecule has 19 heavy (non-hydrogen) atoms. The molecule has 1 heterocycles. The SMILES string of the molecule is CCS(=O)(=O)n1cc(-c2ccc(N)cc2C#N)cn1. The molecule has 0 spiro atoms. The van der Waals surface area contributed by atoms with Crippen molar-refractivity contribution < 1.29 is 8.42 Å². The fourth-order valence-corrected chi connectivity index (χ4v) is 2.36. The lowest BCUT2D eigenvalue weighted by Gasteiger charge is -2.02. The standard InChI is InChI=1S/C12H12N4O2S/c1-2-19(17,18)16-8-10(7-15-16)12-4-3-11(14)5-9(12)6-13/h3-5,7-8H,2,14H2,1H3. The number of hydrogen-bond acceptors (Lipinski definition) is 5. The molecule has 0 amide bonds. The Kier molecular flexibility index (Phi) is 3.27. The van der Waals surface area contributed by atoms with E-state index in [1.165, 1.54) is 12.4 Å². The van der Waals surface area contributed by atoms with Gasteiger partial charge < -0.3 is 5.73 Å². The molecule has 2 rings (SSSR count). The first-order valence-corrected chi connectivity index (χ1v) is 7.16. The lowest BCUT2D eigenvalue weighted by atomic mass is 10.0. The molecule has 0 aliphatic heterocycles. The van der Waals surface area contributed by atoms with Crippen molar-refractivity contribution in [2.75, 3.05) is 11.5 Å². The number of rotatable bonds is 3. The first kappa shape index (κ1) is 13.1. The molecule has 0 atom stereocenters. The molecule has 0 aliphatic carbocycles. The van der Waals surface area contributed by atoms with E-state index in [0.29, 0.717) is 22.4 Å². The summed E-state index contributed by atoms with van der Waals surface area (Å²) in [5.41, 5.74) is 7.64. The van der Waals surface area contributed by atoms with Crippen molar-refractivity contribution in [3.05, 3.63) is 36.2 Å². The first-order valence-electron chi connectivity index (χ1n) is 5.56. The molecule has 7 heteroatoms. The van der Waals surface area contributed by atoms with Crippen LogP contribution in [-0.2, 0) is 10.0 Å². The summed E-state index contributed by atoms with van der Waals surface area (Å²) >= 11 is 0. The van der Waals surface area contributed by atoms with E-state index in [0.717, 1.165) is 4.09 Å². The molecule has 0 saturated carbocycles. The molecular weight excluding hydrogens is 264 g/mol. The third-order valence-corrected chi connectivity index (χ3v) is 4.18. The topological polar surface area (TPSA) is 102 Å². The average molecular weight is 276 g/mol. The third kappa shape index (κ3) is 2.44. The molecule has 2 N–H and O–H groups in total. The zero-order valence-corrected chi connectivity index (χ0v) is 11.1. The van der Waals surface area contributed by atoms with Crippen LogP contribution < -0.4 is 5.73 Å². The molecule has 0 bridgehead atoms. The van der Waals surface area contributed by atoms with Gasteiger partial charge in [0.05, 0.1) is 29.8 Å². The van der Waals surface area contributed by atoms with Crippen molar-refractivity contribution in [3.8, 4) is 17.2 Å². The van der Waals surface area contributed by atoms with Gasteiger partial charge in [0, 0.05) is 16.8 Å². The van der Waals surface area contributed by atoms with Crippen molar-refractivity contribution in [2.45, 2.75) is 6.92 Å². The zero-order valence-electron chi connectivity index (χ0n) is 10.2. The molecule has 98 valence electrons. The molecule has 0 radical (unpaired) electrons. The van der Waals surface area contributed by atoms with Gasteiger partial charge in [0.1, 0.15) is 0 Å². The van der Waals surface area contributed by atoms with Crippen LogP contribution in [0.5, 0.6) is 0 Å². The summed E-state index contributed by atoms with van der Waals surface area (Å²) in [6, 6.07) is 6.90.